The summed E-state index contributed by atoms with van der Waals surface area (Å²) in [6, 6.07) is 4.49. The van der Waals surface area contributed by atoms with Crippen molar-refractivity contribution in [3.63, 3.8) is 0 Å². The Bertz CT molecular complexity index is 601. The Morgan fingerprint density at radius 1 is 1.29 bits per heavy atom. The minimum Gasteiger partial charge on any atom is -0.497 e. The number of methoxy groups -OCH3 is 2. The van der Waals surface area contributed by atoms with Gasteiger partial charge in [0.15, 0.2) is 0 Å². The van der Waals surface area contributed by atoms with Gasteiger partial charge < -0.3 is 14.8 Å². The summed E-state index contributed by atoms with van der Waals surface area (Å²) in [6.07, 6.45) is 0. The fourth-order valence-corrected chi connectivity index (χ4v) is 3.31. The lowest BCUT2D eigenvalue weighted by Crippen LogP contribution is -2.39. The van der Waals surface area contributed by atoms with Crippen molar-refractivity contribution in [1.82, 2.24) is 9.62 Å². The molecule has 0 spiro atoms. The Kier molecular flexibility index (Phi) is 5.98. The molecular formula is C13H20N2O5S. The molecule has 0 heterocycles. The van der Waals surface area contributed by atoms with Gasteiger partial charge in [-0.3, -0.25) is 4.79 Å². The lowest BCUT2D eigenvalue weighted by Gasteiger charge is -2.21. The number of hydrogen-bond acceptors (Lipinski definition) is 5. The summed E-state index contributed by atoms with van der Waals surface area (Å²) in [6.45, 7) is 1.57. The Balaban J connectivity index is 3.30. The van der Waals surface area contributed by atoms with Gasteiger partial charge in [-0.05, 0) is 12.1 Å². The highest BCUT2D eigenvalue weighted by Gasteiger charge is 2.28. The van der Waals surface area contributed by atoms with E-state index in [-0.39, 0.29) is 29.6 Å². The van der Waals surface area contributed by atoms with E-state index >= 15 is 0 Å². The van der Waals surface area contributed by atoms with Gasteiger partial charge in [-0.25, -0.2) is 8.42 Å². The molecule has 0 fully saturated rings. The molecule has 0 atom stereocenters. The molecular weight excluding hydrogens is 296 g/mol. The molecule has 0 radical (unpaired) electrons. The number of benzene rings is 1. The van der Waals surface area contributed by atoms with Crippen LogP contribution < -0.4 is 14.8 Å². The van der Waals surface area contributed by atoms with E-state index < -0.39 is 10.0 Å². The van der Waals surface area contributed by atoms with Gasteiger partial charge >= 0.3 is 0 Å². The van der Waals surface area contributed by atoms with Crippen LogP contribution in [-0.2, 0) is 14.8 Å². The maximum Gasteiger partial charge on any atom is 0.247 e. The van der Waals surface area contributed by atoms with Gasteiger partial charge in [-0.1, -0.05) is 6.92 Å². The van der Waals surface area contributed by atoms with Gasteiger partial charge in [-0.15, -0.1) is 0 Å². The van der Waals surface area contributed by atoms with Crippen molar-refractivity contribution in [3.8, 4) is 11.5 Å². The predicted octanol–water partition coefficient (Wildman–Crippen LogP) is 0.460. The van der Waals surface area contributed by atoms with Crippen LogP contribution in [0.5, 0.6) is 11.5 Å². The van der Waals surface area contributed by atoms with Crippen molar-refractivity contribution in [1.29, 1.82) is 0 Å². The van der Waals surface area contributed by atoms with Gasteiger partial charge in [0.25, 0.3) is 0 Å². The van der Waals surface area contributed by atoms with Gasteiger partial charge in [0, 0.05) is 19.7 Å². The van der Waals surface area contributed by atoms with Crippen molar-refractivity contribution in [2.24, 2.45) is 0 Å². The number of nitrogens with one attached hydrogen (secondary N) is 1. The molecule has 0 aromatic heterocycles. The highest BCUT2D eigenvalue weighted by molar-refractivity contribution is 7.89. The van der Waals surface area contributed by atoms with E-state index in [4.69, 9.17) is 9.47 Å². The molecule has 118 valence electrons. The summed E-state index contributed by atoms with van der Waals surface area (Å²) in [5.41, 5.74) is 0. The van der Waals surface area contributed by atoms with Crippen LogP contribution in [0.2, 0.25) is 0 Å². The van der Waals surface area contributed by atoms with Crippen LogP contribution in [-0.4, -0.2) is 53.0 Å². The zero-order chi connectivity index (χ0) is 16.0. The molecule has 1 amide bonds. The maximum atomic E-state index is 12.7. The van der Waals surface area contributed by atoms with Crippen molar-refractivity contribution in [2.45, 2.75) is 11.8 Å². The minimum absolute atomic E-state index is 0.0323. The maximum absolute atomic E-state index is 12.7. The van der Waals surface area contributed by atoms with Crippen molar-refractivity contribution in [2.75, 3.05) is 34.4 Å². The highest BCUT2D eigenvalue weighted by atomic mass is 32.2. The first-order valence-corrected chi connectivity index (χ1v) is 7.77. The summed E-state index contributed by atoms with van der Waals surface area (Å²) >= 11 is 0. The van der Waals surface area contributed by atoms with E-state index in [0.29, 0.717) is 5.75 Å². The number of amides is 1. The number of nitrogens with zero attached hydrogens (tertiary/aromatic N) is 1. The number of hydrogen-bond donors (Lipinski definition) is 1. The lowest BCUT2D eigenvalue weighted by molar-refractivity contribution is -0.120. The van der Waals surface area contributed by atoms with E-state index in [1.165, 1.54) is 33.4 Å². The van der Waals surface area contributed by atoms with Gasteiger partial charge in [0.2, 0.25) is 15.9 Å². The number of ether oxygens (including phenoxy) is 2. The molecule has 1 aromatic carbocycles. The second-order valence-corrected chi connectivity index (χ2v) is 6.03. The van der Waals surface area contributed by atoms with Crippen LogP contribution in [0, 0.1) is 0 Å². The Hall–Kier alpha value is -1.80. The first-order chi connectivity index (χ1) is 9.90. The topological polar surface area (TPSA) is 84.9 Å². The summed E-state index contributed by atoms with van der Waals surface area (Å²) in [7, 11) is 0.419. The zero-order valence-corrected chi connectivity index (χ0v) is 13.4. The molecule has 0 bridgehead atoms. The molecule has 0 aliphatic carbocycles. The summed E-state index contributed by atoms with van der Waals surface area (Å²) < 4.78 is 36.6. The molecule has 0 saturated carbocycles. The SMILES string of the molecule is CCN(CC(=O)NC)S(=O)(=O)c1cc(OC)ccc1OC. The first kappa shape index (κ1) is 17.3. The molecule has 1 rings (SSSR count). The van der Waals surface area contributed by atoms with E-state index in [1.54, 1.807) is 13.0 Å². The van der Waals surface area contributed by atoms with Gasteiger partial charge in [0.05, 0.1) is 20.8 Å². The quantitative estimate of drug-likeness (QED) is 0.790. The zero-order valence-electron chi connectivity index (χ0n) is 12.5. The third-order valence-corrected chi connectivity index (χ3v) is 4.88. The number of likely N-dealkylation sites (N-methyl/N-ethyl adjacent to an activating group) is 2. The van der Waals surface area contributed by atoms with E-state index in [9.17, 15) is 13.2 Å². The third-order valence-electron chi connectivity index (χ3n) is 2.94. The molecule has 0 unspecified atom stereocenters. The smallest absolute Gasteiger partial charge is 0.247 e. The van der Waals surface area contributed by atoms with Gasteiger partial charge in [-0.2, -0.15) is 4.31 Å². The lowest BCUT2D eigenvalue weighted by atomic mass is 10.3. The van der Waals surface area contributed by atoms with Crippen LogP contribution in [0.15, 0.2) is 23.1 Å². The van der Waals surface area contributed by atoms with Crippen LogP contribution in [0.4, 0.5) is 0 Å². The second kappa shape index (κ2) is 7.28. The van der Waals surface area contributed by atoms with Gasteiger partial charge in [0.1, 0.15) is 16.4 Å². The molecule has 0 aliphatic rings. The molecule has 1 N–H and O–H groups in total. The summed E-state index contributed by atoms with van der Waals surface area (Å²) in [5, 5.41) is 2.40. The average molecular weight is 316 g/mol. The van der Waals surface area contributed by atoms with Crippen LogP contribution in [0.1, 0.15) is 6.92 Å². The highest BCUT2D eigenvalue weighted by Crippen LogP contribution is 2.30. The normalized spacial score (nSPS) is 11.3. The average Bonchev–Trinajstić information content (AvgIpc) is 2.51. The molecule has 1 aromatic rings. The summed E-state index contributed by atoms with van der Waals surface area (Å²) in [5.74, 6) is 0.207. The number of rotatable bonds is 7. The Labute approximate surface area is 124 Å². The van der Waals surface area contributed by atoms with Crippen LogP contribution in [0.3, 0.4) is 0 Å². The first-order valence-electron chi connectivity index (χ1n) is 6.33. The fourth-order valence-electron chi connectivity index (χ4n) is 1.73. The standard InChI is InChI=1S/C13H20N2O5S/c1-5-15(9-13(16)14-2)21(17,18)12-8-10(19-3)6-7-11(12)20-4/h6-8H,5,9H2,1-4H3,(H,14,16). The van der Waals surface area contributed by atoms with Crippen LogP contribution >= 0.6 is 0 Å². The van der Waals surface area contributed by atoms with E-state index in [0.717, 1.165) is 4.31 Å². The molecule has 7 nitrogen and oxygen atoms in total. The minimum atomic E-state index is -3.86. The van der Waals surface area contributed by atoms with Crippen molar-refractivity contribution < 1.29 is 22.7 Å². The summed E-state index contributed by atoms with van der Waals surface area (Å²) in [4.78, 5) is 11.4. The Morgan fingerprint density at radius 2 is 1.95 bits per heavy atom. The molecule has 0 aliphatic heterocycles. The van der Waals surface area contributed by atoms with Crippen molar-refractivity contribution in [3.05, 3.63) is 18.2 Å². The van der Waals surface area contributed by atoms with Crippen molar-refractivity contribution >= 4 is 15.9 Å². The number of carbonyl (C=O) groups excluding carboxylic acids is 1. The third kappa shape index (κ3) is 3.85. The number of carbonyl (C=O) groups is 1. The number of sulfonamides is 1. The fraction of sp³-hybridized carbons (Fsp3) is 0.462. The second-order valence-electron chi connectivity index (χ2n) is 4.12. The predicted molar refractivity (Wildman–Crippen MR) is 78.0 cm³/mol. The molecule has 21 heavy (non-hydrogen) atoms. The van der Waals surface area contributed by atoms with E-state index in [2.05, 4.69) is 5.32 Å². The monoisotopic (exact) mass is 316 g/mol. The van der Waals surface area contributed by atoms with Crippen LogP contribution in [0.25, 0.3) is 0 Å². The molecule has 8 heteroatoms. The molecule has 0 saturated heterocycles. The van der Waals surface area contributed by atoms with E-state index in [1.807, 2.05) is 0 Å². The Morgan fingerprint density at radius 3 is 2.43 bits per heavy atom. The largest absolute Gasteiger partial charge is 0.497 e.